The number of nitrogens with one attached hydrogen (secondary N) is 1. The van der Waals surface area contributed by atoms with Gasteiger partial charge in [-0.15, -0.1) is 0 Å². The maximum atomic E-state index is 15.1. The molecule has 7 nitrogen and oxygen atoms in total. The van der Waals surface area contributed by atoms with Crippen molar-refractivity contribution < 1.29 is 9.13 Å². The van der Waals surface area contributed by atoms with Crippen molar-refractivity contribution in [2.24, 2.45) is 7.05 Å². The zero-order valence-electron chi connectivity index (χ0n) is 16.6. The molecule has 3 heterocycles. The molecule has 0 atom stereocenters. The molecule has 0 unspecified atom stereocenters. The molecule has 0 aliphatic rings. The maximum Gasteiger partial charge on any atom is 0.160 e. The maximum absolute atomic E-state index is 15.1. The number of aryl methyl sites for hydroxylation is 1. The van der Waals surface area contributed by atoms with Crippen LogP contribution in [0, 0.1) is 12.7 Å². The van der Waals surface area contributed by atoms with E-state index in [1.165, 1.54) is 6.33 Å². The lowest BCUT2D eigenvalue weighted by Gasteiger charge is -2.14. The van der Waals surface area contributed by atoms with Crippen LogP contribution in [0.5, 0.6) is 11.5 Å². The van der Waals surface area contributed by atoms with Crippen molar-refractivity contribution >= 4 is 45.0 Å². The topological polar surface area (TPSA) is 77.8 Å². The van der Waals surface area contributed by atoms with E-state index in [0.717, 1.165) is 10.9 Å². The number of benzene rings is 2. The van der Waals surface area contributed by atoms with Crippen molar-refractivity contribution in [2.45, 2.75) is 6.92 Å². The summed E-state index contributed by atoms with van der Waals surface area (Å²) in [4.78, 5) is 12.6. The predicted octanol–water partition coefficient (Wildman–Crippen LogP) is 5.55. The molecule has 0 aliphatic heterocycles. The summed E-state index contributed by atoms with van der Waals surface area (Å²) in [5, 5.41) is 8.66. The third-order valence-corrected chi connectivity index (χ3v) is 5.07. The molecule has 31 heavy (non-hydrogen) atoms. The zero-order valence-corrected chi connectivity index (χ0v) is 17.4. The first kappa shape index (κ1) is 19.2. The van der Waals surface area contributed by atoms with Crippen molar-refractivity contribution in [3.8, 4) is 11.5 Å². The van der Waals surface area contributed by atoms with Crippen LogP contribution in [-0.4, -0.2) is 24.7 Å². The predicted molar refractivity (Wildman–Crippen MR) is 118 cm³/mol. The molecule has 2 aromatic carbocycles. The van der Waals surface area contributed by atoms with Gasteiger partial charge in [-0.05, 0) is 43.3 Å². The van der Waals surface area contributed by atoms with E-state index in [2.05, 4.69) is 25.4 Å². The smallest absolute Gasteiger partial charge is 0.160 e. The average molecular weight is 435 g/mol. The Morgan fingerprint density at radius 2 is 1.94 bits per heavy atom. The Morgan fingerprint density at radius 3 is 2.81 bits per heavy atom. The van der Waals surface area contributed by atoms with Gasteiger partial charge in [-0.2, -0.15) is 5.10 Å². The van der Waals surface area contributed by atoms with Crippen LogP contribution in [0.2, 0.25) is 5.15 Å². The fourth-order valence-electron chi connectivity index (χ4n) is 3.32. The lowest BCUT2D eigenvalue weighted by molar-refractivity contribution is 0.472. The molecule has 3 aromatic heterocycles. The van der Waals surface area contributed by atoms with E-state index in [4.69, 9.17) is 16.3 Å². The van der Waals surface area contributed by atoms with Crippen LogP contribution in [0.25, 0.3) is 21.9 Å². The van der Waals surface area contributed by atoms with E-state index in [0.29, 0.717) is 39.1 Å². The third-order valence-electron chi connectivity index (χ3n) is 4.86. The number of hydrogen-bond acceptors (Lipinski definition) is 6. The summed E-state index contributed by atoms with van der Waals surface area (Å²) in [6.07, 6.45) is 3.31. The summed E-state index contributed by atoms with van der Waals surface area (Å²) in [6, 6.07) is 12.2. The van der Waals surface area contributed by atoms with Gasteiger partial charge in [-0.1, -0.05) is 11.6 Å². The van der Waals surface area contributed by atoms with E-state index in [1.54, 1.807) is 35.9 Å². The van der Waals surface area contributed by atoms with E-state index >= 15 is 4.39 Å². The molecule has 0 saturated carbocycles. The molecule has 0 aliphatic carbocycles. The van der Waals surface area contributed by atoms with Gasteiger partial charge in [0.2, 0.25) is 0 Å². The monoisotopic (exact) mass is 434 g/mol. The van der Waals surface area contributed by atoms with Crippen LogP contribution in [-0.2, 0) is 7.05 Å². The molecule has 0 spiro atoms. The fraction of sp³-hybridized carbons (Fsp3) is 0.0909. The highest BCUT2D eigenvalue weighted by atomic mass is 35.5. The van der Waals surface area contributed by atoms with E-state index in [9.17, 15) is 0 Å². The molecule has 9 heteroatoms. The minimum absolute atomic E-state index is 0.242. The first-order valence-corrected chi connectivity index (χ1v) is 9.80. The van der Waals surface area contributed by atoms with Gasteiger partial charge in [0.15, 0.2) is 11.6 Å². The highest BCUT2D eigenvalue weighted by molar-refractivity contribution is 6.29. The minimum atomic E-state index is -0.454. The summed E-state index contributed by atoms with van der Waals surface area (Å²) in [5.41, 5.74) is 2.46. The van der Waals surface area contributed by atoms with Gasteiger partial charge in [0, 0.05) is 30.3 Å². The van der Waals surface area contributed by atoms with E-state index in [1.807, 2.05) is 31.4 Å². The second kappa shape index (κ2) is 7.48. The molecule has 1 N–H and O–H groups in total. The first-order valence-electron chi connectivity index (χ1n) is 9.42. The summed E-state index contributed by atoms with van der Waals surface area (Å²) < 4.78 is 22.8. The molecule has 5 rings (SSSR count). The third kappa shape index (κ3) is 3.62. The molecular formula is C22H16ClFN6O. The number of hydrogen-bond donors (Lipinski definition) is 1. The number of anilines is 2. The van der Waals surface area contributed by atoms with Gasteiger partial charge >= 0.3 is 0 Å². The number of pyridine rings is 1. The molecule has 0 fully saturated rings. The second-order valence-electron chi connectivity index (χ2n) is 7.02. The Kier molecular flexibility index (Phi) is 4.63. The number of ether oxygens (including phenoxy) is 1. The van der Waals surface area contributed by atoms with Gasteiger partial charge in [-0.25, -0.2) is 19.3 Å². The van der Waals surface area contributed by atoms with Crippen LogP contribution >= 0.6 is 11.6 Å². The highest BCUT2D eigenvalue weighted by Crippen LogP contribution is 2.33. The SMILES string of the molecule is Cc1c(Oc2ccc3cn(C)nc3c2)ccc(Nc2ncnc3ccc(Cl)nc23)c1F. The van der Waals surface area contributed by atoms with Gasteiger partial charge in [-0.3, -0.25) is 4.68 Å². The number of rotatable bonds is 4. The van der Waals surface area contributed by atoms with E-state index in [-0.39, 0.29) is 5.69 Å². The number of halogens is 2. The first-order chi connectivity index (χ1) is 15.0. The molecule has 0 radical (unpaired) electrons. The molecular weight excluding hydrogens is 419 g/mol. The average Bonchev–Trinajstić information content (AvgIpc) is 3.13. The minimum Gasteiger partial charge on any atom is -0.457 e. The second-order valence-corrected chi connectivity index (χ2v) is 7.41. The Morgan fingerprint density at radius 1 is 1.06 bits per heavy atom. The Balaban J connectivity index is 1.46. The fourth-order valence-corrected chi connectivity index (χ4v) is 3.47. The summed E-state index contributed by atoms with van der Waals surface area (Å²) >= 11 is 5.99. The largest absolute Gasteiger partial charge is 0.457 e. The normalized spacial score (nSPS) is 11.2. The van der Waals surface area contributed by atoms with Crippen molar-refractivity contribution in [3.05, 3.63) is 71.5 Å². The van der Waals surface area contributed by atoms with Crippen LogP contribution in [0.4, 0.5) is 15.9 Å². The number of aromatic nitrogens is 5. The molecule has 0 amide bonds. The lowest BCUT2D eigenvalue weighted by Crippen LogP contribution is -2.01. The van der Waals surface area contributed by atoms with Crippen LogP contribution in [0.1, 0.15) is 5.56 Å². The highest BCUT2D eigenvalue weighted by Gasteiger charge is 2.15. The van der Waals surface area contributed by atoms with Crippen LogP contribution < -0.4 is 10.1 Å². The quantitative estimate of drug-likeness (QED) is 0.374. The van der Waals surface area contributed by atoms with Gasteiger partial charge in [0.25, 0.3) is 0 Å². The Bertz CT molecular complexity index is 1450. The lowest BCUT2D eigenvalue weighted by atomic mass is 10.1. The molecule has 0 bridgehead atoms. The molecule has 5 aromatic rings. The number of fused-ring (bicyclic) bond motifs is 2. The van der Waals surface area contributed by atoms with Gasteiger partial charge in [0.1, 0.15) is 28.5 Å². The Labute approximate surface area is 181 Å². The Hall–Kier alpha value is -3.78. The van der Waals surface area contributed by atoms with E-state index < -0.39 is 5.82 Å². The van der Waals surface area contributed by atoms with Crippen molar-refractivity contribution in [1.29, 1.82) is 0 Å². The molecule has 154 valence electrons. The van der Waals surface area contributed by atoms with Crippen molar-refractivity contribution in [1.82, 2.24) is 24.7 Å². The number of nitrogens with zero attached hydrogens (tertiary/aromatic N) is 5. The van der Waals surface area contributed by atoms with Crippen LogP contribution in [0.3, 0.4) is 0 Å². The zero-order chi connectivity index (χ0) is 21.5. The van der Waals surface area contributed by atoms with Crippen molar-refractivity contribution in [2.75, 3.05) is 5.32 Å². The van der Waals surface area contributed by atoms with Crippen molar-refractivity contribution in [3.63, 3.8) is 0 Å². The standard InChI is InChI=1S/C22H16ClFN6O/c1-12-18(31-14-4-3-13-10-30(2)29-17(13)9-14)7-5-15(20(12)24)27-22-21-16(25-11-26-22)6-8-19(23)28-21/h3-11H,1-2H3,(H,25,26,27). The van der Waals surface area contributed by atoms with Crippen LogP contribution in [0.15, 0.2) is 55.0 Å². The van der Waals surface area contributed by atoms with Gasteiger partial charge in [0.05, 0.1) is 16.7 Å². The van der Waals surface area contributed by atoms with Gasteiger partial charge < -0.3 is 10.1 Å². The summed E-state index contributed by atoms with van der Waals surface area (Å²) in [6.45, 7) is 1.66. The molecule has 0 saturated heterocycles. The summed E-state index contributed by atoms with van der Waals surface area (Å²) in [7, 11) is 1.86. The summed E-state index contributed by atoms with van der Waals surface area (Å²) in [5.74, 6) is 0.896.